The monoisotopic (exact) mass is 301 g/mol. The Labute approximate surface area is 113 Å². The van der Waals surface area contributed by atoms with Gasteiger partial charge in [0, 0.05) is 13.1 Å². The number of hydrogen-bond donors (Lipinski definition) is 1. The minimum atomic E-state index is 0.210. The van der Waals surface area contributed by atoms with Gasteiger partial charge in [-0.1, -0.05) is 20.8 Å². The van der Waals surface area contributed by atoms with Crippen molar-refractivity contribution in [1.29, 1.82) is 0 Å². The molecular weight excluding hydrogens is 278 g/mol. The molecule has 17 heavy (non-hydrogen) atoms. The lowest BCUT2D eigenvalue weighted by molar-refractivity contribution is 0.323. The third kappa shape index (κ3) is 3.32. The predicted molar refractivity (Wildman–Crippen MR) is 76.0 cm³/mol. The number of aromatic nitrogens is 2. The average Bonchev–Trinajstić information content (AvgIpc) is 2.50. The minimum Gasteiger partial charge on any atom is -0.328 e. The molecule has 0 radical (unpaired) electrons. The molecule has 0 saturated heterocycles. The van der Waals surface area contributed by atoms with Crippen LogP contribution < -0.4 is 5.73 Å². The molecule has 2 atom stereocenters. The second-order valence-corrected chi connectivity index (χ2v) is 5.95. The van der Waals surface area contributed by atoms with Crippen molar-refractivity contribution in [2.75, 3.05) is 0 Å². The summed E-state index contributed by atoms with van der Waals surface area (Å²) in [5, 5.41) is 4.53. The summed E-state index contributed by atoms with van der Waals surface area (Å²) in [5.41, 5.74) is 8.48. The van der Waals surface area contributed by atoms with E-state index in [1.54, 1.807) is 0 Å². The lowest BCUT2D eigenvalue weighted by Gasteiger charge is -2.24. The number of rotatable bonds is 5. The predicted octanol–water partition coefficient (Wildman–Crippen LogP) is 2.91. The van der Waals surface area contributed by atoms with E-state index in [0.717, 1.165) is 23.0 Å². The topological polar surface area (TPSA) is 43.8 Å². The standard InChI is InChI=1S/C13H24BrN3/c1-6-11-13(14)12(17(5)16-11)7-10(8(2)3)9(4)15/h8-10H,6-7,15H2,1-5H3. The summed E-state index contributed by atoms with van der Waals surface area (Å²) in [4.78, 5) is 0. The van der Waals surface area contributed by atoms with Crippen LogP contribution in [0.25, 0.3) is 0 Å². The van der Waals surface area contributed by atoms with Gasteiger partial charge in [-0.3, -0.25) is 4.68 Å². The summed E-state index contributed by atoms with van der Waals surface area (Å²) in [6.07, 6.45) is 1.94. The fraction of sp³-hybridized carbons (Fsp3) is 0.769. The number of aryl methyl sites for hydroxylation is 2. The highest BCUT2D eigenvalue weighted by Gasteiger charge is 2.22. The Hall–Kier alpha value is -0.350. The second-order valence-electron chi connectivity index (χ2n) is 5.16. The molecule has 1 aromatic heterocycles. The normalized spacial score (nSPS) is 15.3. The van der Waals surface area contributed by atoms with Gasteiger partial charge in [-0.05, 0) is 47.5 Å². The van der Waals surface area contributed by atoms with Crippen molar-refractivity contribution in [3.8, 4) is 0 Å². The fourth-order valence-electron chi connectivity index (χ4n) is 2.29. The quantitative estimate of drug-likeness (QED) is 0.909. The molecule has 0 spiro atoms. The summed E-state index contributed by atoms with van der Waals surface area (Å²) < 4.78 is 3.15. The molecule has 3 nitrogen and oxygen atoms in total. The van der Waals surface area contributed by atoms with E-state index in [0.29, 0.717) is 11.8 Å². The van der Waals surface area contributed by atoms with Gasteiger partial charge in [-0.2, -0.15) is 5.10 Å². The van der Waals surface area contributed by atoms with E-state index in [2.05, 4.69) is 48.7 Å². The number of hydrogen-bond acceptors (Lipinski definition) is 2. The van der Waals surface area contributed by atoms with Crippen LogP contribution in [0, 0.1) is 11.8 Å². The van der Waals surface area contributed by atoms with Gasteiger partial charge in [-0.15, -0.1) is 0 Å². The molecule has 0 aliphatic rings. The Morgan fingerprint density at radius 2 is 1.94 bits per heavy atom. The van der Waals surface area contributed by atoms with Gasteiger partial charge in [0.25, 0.3) is 0 Å². The third-order valence-electron chi connectivity index (χ3n) is 3.46. The summed E-state index contributed by atoms with van der Waals surface area (Å²) in [6.45, 7) is 8.69. The molecule has 1 rings (SSSR count). The highest BCUT2D eigenvalue weighted by atomic mass is 79.9. The molecule has 2 N–H and O–H groups in total. The van der Waals surface area contributed by atoms with E-state index in [1.807, 2.05) is 11.7 Å². The maximum absolute atomic E-state index is 6.08. The third-order valence-corrected chi connectivity index (χ3v) is 4.38. The van der Waals surface area contributed by atoms with Crippen LogP contribution in [0.15, 0.2) is 4.47 Å². The molecular formula is C13H24BrN3. The van der Waals surface area contributed by atoms with Crippen LogP contribution in [0.2, 0.25) is 0 Å². The second kappa shape index (κ2) is 6.01. The molecule has 0 saturated carbocycles. The van der Waals surface area contributed by atoms with E-state index in [4.69, 9.17) is 5.73 Å². The maximum Gasteiger partial charge on any atom is 0.0766 e. The smallest absolute Gasteiger partial charge is 0.0766 e. The highest BCUT2D eigenvalue weighted by molar-refractivity contribution is 9.10. The summed E-state index contributed by atoms with van der Waals surface area (Å²) in [5.74, 6) is 1.08. The van der Waals surface area contributed by atoms with Gasteiger partial charge >= 0.3 is 0 Å². The highest BCUT2D eigenvalue weighted by Crippen LogP contribution is 2.27. The van der Waals surface area contributed by atoms with Crippen molar-refractivity contribution in [1.82, 2.24) is 9.78 Å². The van der Waals surface area contributed by atoms with Crippen molar-refractivity contribution in [2.45, 2.75) is 46.6 Å². The number of nitrogens with zero attached hydrogens (tertiary/aromatic N) is 2. The maximum atomic E-state index is 6.08. The largest absolute Gasteiger partial charge is 0.328 e. The molecule has 98 valence electrons. The lowest BCUT2D eigenvalue weighted by Crippen LogP contribution is -2.32. The van der Waals surface area contributed by atoms with Gasteiger partial charge in [0.2, 0.25) is 0 Å². The first-order valence-electron chi connectivity index (χ1n) is 6.34. The molecule has 0 amide bonds. The Kier molecular flexibility index (Phi) is 5.20. The van der Waals surface area contributed by atoms with E-state index in [9.17, 15) is 0 Å². The molecule has 0 aliphatic carbocycles. The van der Waals surface area contributed by atoms with Gasteiger partial charge in [0.05, 0.1) is 15.9 Å². The minimum absolute atomic E-state index is 0.210. The Balaban J connectivity index is 2.97. The van der Waals surface area contributed by atoms with Gasteiger partial charge in [-0.25, -0.2) is 0 Å². The SMILES string of the molecule is CCc1nn(C)c(CC(C(C)C)C(C)N)c1Br. The van der Waals surface area contributed by atoms with Gasteiger partial charge < -0.3 is 5.73 Å². The van der Waals surface area contributed by atoms with Crippen molar-refractivity contribution in [3.63, 3.8) is 0 Å². The van der Waals surface area contributed by atoms with E-state index < -0.39 is 0 Å². The van der Waals surface area contributed by atoms with Crippen molar-refractivity contribution in [2.24, 2.45) is 24.6 Å². The van der Waals surface area contributed by atoms with Crippen LogP contribution in [-0.4, -0.2) is 15.8 Å². The number of halogens is 1. The molecule has 4 heteroatoms. The van der Waals surface area contributed by atoms with Crippen LogP contribution in [0.5, 0.6) is 0 Å². The Morgan fingerprint density at radius 3 is 2.29 bits per heavy atom. The van der Waals surface area contributed by atoms with E-state index >= 15 is 0 Å². The summed E-state index contributed by atoms with van der Waals surface area (Å²) >= 11 is 3.66. The van der Waals surface area contributed by atoms with Crippen molar-refractivity contribution in [3.05, 3.63) is 15.9 Å². The number of nitrogens with two attached hydrogens (primary N) is 1. The molecule has 1 heterocycles. The van der Waals surface area contributed by atoms with E-state index in [-0.39, 0.29) is 6.04 Å². The first kappa shape index (κ1) is 14.7. The first-order chi connectivity index (χ1) is 7.88. The zero-order valence-electron chi connectivity index (χ0n) is 11.5. The molecule has 0 aliphatic heterocycles. The van der Waals surface area contributed by atoms with Crippen molar-refractivity contribution >= 4 is 15.9 Å². The van der Waals surface area contributed by atoms with Crippen LogP contribution in [0.4, 0.5) is 0 Å². The Morgan fingerprint density at radius 1 is 1.35 bits per heavy atom. The lowest BCUT2D eigenvalue weighted by atomic mass is 9.86. The van der Waals surface area contributed by atoms with E-state index in [1.165, 1.54) is 5.69 Å². The Bertz CT molecular complexity index is 361. The zero-order valence-corrected chi connectivity index (χ0v) is 13.1. The molecule has 0 aromatic carbocycles. The fourth-order valence-corrected chi connectivity index (χ4v) is 3.07. The average molecular weight is 302 g/mol. The zero-order chi connectivity index (χ0) is 13.2. The van der Waals surface area contributed by atoms with Crippen molar-refractivity contribution < 1.29 is 0 Å². The van der Waals surface area contributed by atoms with Crippen LogP contribution in [0.3, 0.4) is 0 Å². The summed E-state index contributed by atoms with van der Waals surface area (Å²) in [6, 6.07) is 0.210. The summed E-state index contributed by atoms with van der Waals surface area (Å²) in [7, 11) is 2.01. The van der Waals surface area contributed by atoms with Crippen LogP contribution >= 0.6 is 15.9 Å². The molecule has 1 aromatic rings. The van der Waals surface area contributed by atoms with Crippen LogP contribution in [-0.2, 0) is 19.9 Å². The first-order valence-corrected chi connectivity index (χ1v) is 7.13. The van der Waals surface area contributed by atoms with Crippen LogP contribution in [0.1, 0.15) is 39.1 Å². The molecule has 0 fully saturated rings. The van der Waals surface area contributed by atoms with Gasteiger partial charge in [0.15, 0.2) is 0 Å². The molecule has 0 bridgehead atoms. The van der Waals surface area contributed by atoms with Gasteiger partial charge in [0.1, 0.15) is 0 Å². The molecule has 2 unspecified atom stereocenters.